The Bertz CT molecular complexity index is 701. The van der Waals surface area contributed by atoms with Crippen LogP contribution in [0.4, 0.5) is 4.39 Å². The van der Waals surface area contributed by atoms with Crippen LogP contribution in [-0.4, -0.2) is 17.5 Å². The molecule has 0 saturated heterocycles. The van der Waals surface area contributed by atoms with Gasteiger partial charge in [0.15, 0.2) is 5.78 Å². The quantitative estimate of drug-likeness (QED) is 0.665. The van der Waals surface area contributed by atoms with Gasteiger partial charge in [-0.05, 0) is 47.5 Å². The Kier molecular flexibility index (Phi) is 5.64. The molecule has 2 nitrogen and oxygen atoms in total. The average Bonchev–Trinajstić information content (AvgIpc) is 2.53. The fraction of sp³-hybridized carbons (Fsp3) is 0.0556. The van der Waals surface area contributed by atoms with Crippen LogP contribution in [0.2, 0.25) is 5.02 Å². The molecule has 0 fully saturated rings. The first-order valence-electron chi connectivity index (χ1n) is 6.65. The number of allylic oxidation sites excluding steroid dienone is 2. The number of benzene rings is 2. The van der Waals surface area contributed by atoms with Gasteiger partial charge in [0.1, 0.15) is 5.82 Å². The molecule has 0 radical (unpaired) electrons. The van der Waals surface area contributed by atoms with Crippen LogP contribution in [0.5, 0.6) is 0 Å². The average molecular weight is 317 g/mol. The highest BCUT2D eigenvalue weighted by Crippen LogP contribution is 2.21. The third-order valence-corrected chi connectivity index (χ3v) is 3.23. The largest absolute Gasteiger partial charge is 0.392 e. The summed E-state index contributed by atoms with van der Waals surface area (Å²) in [5.41, 5.74) is 1.81. The minimum Gasteiger partial charge on any atom is -0.392 e. The molecular weight excluding hydrogens is 303 g/mol. The van der Waals surface area contributed by atoms with Gasteiger partial charge >= 0.3 is 0 Å². The molecule has 0 spiro atoms. The second-order valence-electron chi connectivity index (χ2n) is 4.57. The maximum absolute atomic E-state index is 13.1. The molecule has 22 heavy (non-hydrogen) atoms. The number of aliphatic hydroxyl groups excluding tert-OH is 1. The van der Waals surface area contributed by atoms with Gasteiger partial charge in [-0.2, -0.15) is 0 Å². The van der Waals surface area contributed by atoms with E-state index in [1.54, 1.807) is 42.5 Å². The van der Waals surface area contributed by atoms with Gasteiger partial charge in [0, 0.05) is 10.6 Å². The molecule has 0 aromatic heterocycles. The lowest BCUT2D eigenvalue weighted by molar-refractivity contribution is -0.109. The number of carbonyl (C=O) groups excluding carboxylic acids is 1. The minimum atomic E-state index is -0.368. The van der Waals surface area contributed by atoms with Crippen molar-refractivity contribution in [3.05, 3.63) is 82.6 Å². The molecule has 0 aliphatic heterocycles. The van der Waals surface area contributed by atoms with Crippen molar-refractivity contribution in [3.8, 4) is 0 Å². The Morgan fingerprint density at radius 3 is 2.32 bits per heavy atom. The number of hydrogen-bond acceptors (Lipinski definition) is 2. The molecular formula is C18H14ClFO2. The molecule has 2 aromatic carbocycles. The number of hydrogen-bond donors (Lipinski definition) is 1. The second kappa shape index (κ2) is 7.69. The van der Waals surface area contributed by atoms with Gasteiger partial charge in [0.2, 0.25) is 0 Å². The lowest BCUT2D eigenvalue weighted by Crippen LogP contribution is -1.99. The van der Waals surface area contributed by atoms with Crippen molar-refractivity contribution in [2.24, 2.45) is 0 Å². The molecule has 0 heterocycles. The number of aliphatic hydroxyl groups is 1. The molecule has 0 aliphatic rings. The summed E-state index contributed by atoms with van der Waals surface area (Å²) in [4.78, 5) is 12.3. The van der Waals surface area contributed by atoms with Crippen LogP contribution >= 0.6 is 11.6 Å². The fourth-order valence-corrected chi connectivity index (χ4v) is 2.03. The monoisotopic (exact) mass is 316 g/mol. The van der Waals surface area contributed by atoms with Crippen molar-refractivity contribution in [3.63, 3.8) is 0 Å². The number of rotatable bonds is 5. The maximum atomic E-state index is 13.1. The van der Waals surface area contributed by atoms with Crippen molar-refractivity contribution in [2.45, 2.75) is 0 Å². The molecule has 0 amide bonds. The standard InChI is InChI=1S/C18H14ClFO2/c19-15-7-3-13(4-8-15)12-17(18(22)2-1-11-21)14-5-9-16(20)10-6-14/h1-10,12,21H,11H2/b2-1+,17-12+. The topological polar surface area (TPSA) is 37.3 Å². The summed E-state index contributed by atoms with van der Waals surface area (Å²) in [5.74, 6) is -0.636. The van der Waals surface area contributed by atoms with Crippen LogP contribution in [0.15, 0.2) is 60.7 Å². The molecule has 4 heteroatoms. The summed E-state index contributed by atoms with van der Waals surface area (Å²) in [6, 6.07) is 12.7. The molecule has 2 aromatic rings. The Morgan fingerprint density at radius 1 is 1.09 bits per heavy atom. The third kappa shape index (κ3) is 4.38. The van der Waals surface area contributed by atoms with E-state index < -0.39 is 0 Å². The van der Waals surface area contributed by atoms with Crippen LogP contribution in [0.3, 0.4) is 0 Å². The van der Waals surface area contributed by atoms with Crippen molar-refractivity contribution in [1.29, 1.82) is 0 Å². The Hall–Kier alpha value is -2.23. The van der Waals surface area contributed by atoms with Gasteiger partial charge in [-0.3, -0.25) is 4.79 Å². The number of ketones is 1. The zero-order valence-corrected chi connectivity index (χ0v) is 12.4. The Balaban J connectivity index is 2.44. The van der Waals surface area contributed by atoms with E-state index in [2.05, 4.69) is 0 Å². The second-order valence-corrected chi connectivity index (χ2v) is 5.00. The summed E-state index contributed by atoms with van der Waals surface area (Å²) in [5, 5.41) is 9.41. The van der Waals surface area contributed by atoms with Crippen molar-refractivity contribution >= 4 is 29.0 Å². The first-order valence-corrected chi connectivity index (χ1v) is 7.03. The molecule has 112 valence electrons. The van der Waals surface area contributed by atoms with Gasteiger partial charge < -0.3 is 5.11 Å². The van der Waals surface area contributed by atoms with Gasteiger partial charge in [-0.1, -0.05) is 41.9 Å². The molecule has 0 aliphatic carbocycles. The molecule has 0 saturated carbocycles. The normalized spacial score (nSPS) is 11.9. The molecule has 2 rings (SSSR count). The summed E-state index contributed by atoms with van der Waals surface area (Å²) in [6.45, 7) is -0.219. The third-order valence-electron chi connectivity index (χ3n) is 2.98. The van der Waals surface area contributed by atoms with E-state index in [0.29, 0.717) is 16.2 Å². The first kappa shape index (κ1) is 16.1. The van der Waals surface area contributed by atoms with E-state index in [4.69, 9.17) is 16.7 Å². The SMILES string of the molecule is O=C(/C=C/CO)/C(=C/c1ccc(Cl)cc1)c1ccc(F)cc1. The van der Waals surface area contributed by atoms with Gasteiger partial charge in [0.05, 0.1) is 6.61 Å². The van der Waals surface area contributed by atoms with Crippen molar-refractivity contribution in [2.75, 3.05) is 6.61 Å². The molecule has 1 N–H and O–H groups in total. The zero-order chi connectivity index (χ0) is 15.9. The van der Waals surface area contributed by atoms with Crippen LogP contribution < -0.4 is 0 Å². The molecule has 0 unspecified atom stereocenters. The smallest absolute Gasteiger partial charge is 0.186 e. The fourth-order valence-electron chi connectivity index (χ4n) is 1.90. The summed E-state index contributed by atoms with van der Waals surface area (Å²) >= 11 is 5.85. The highest BCUT2D eigenvalue weighted by atomic mass is 35.5. The van der Waals surface area contributed by atoms with Gasteiger partial charge in [0.25, 0.3) is 0 Å². The van der Waals surface area contributed by atoms with E-state index in [-0.39, 0.29) is 18.2 Å². The Morgan fingerprint density at radius 2 is 1.73 bits per heavy atom. The van der Waals surface area contributed by atoms with E-state index in [1.807, 2.05) is 0 Å². The maximum Gasteiger partial charge on any atom is 0.186 e. The van der Waals surface area contributed by atoms with Crippen LogP contribution in [-0.2, 0) is 4.79 Å². The highest BCUT2D eigenvalue weighted by Gasteiger charge is 2.09. The van der Waals surface area contributed by atoms with E-state index in [0.717, 1.165) is 5.56 Å². The lowest BCUT2D eigenvalue weighted by Gasteiger charge is -2.05. The Labute approximate surface area is 133 Å². The minimum absolute atomic E-state index is 0.219. The predicted octanol–water partition coefficient (Wildman–Crippen LogP) is 4.14. The van der Waals surface area contributed by atoms with Crippen LogP contribution in [0, 0.1) is 5.82 Å². The number of carbonyl (C=O) groups is 1. The predicted molar refractivity (Wildman–Crippen MR) is 87.0 cm³/mol. The molecule has 0 bridgehead atoms. The zero-order valence-electron chi connectivity index (χ0n) is 11.7. The summed E-state index contributed by atoms with van der Waals surface area (Å²) in [6.07, 6.45) is 4.36. The van der Waals surface area contributed by atoms with Crippen LogP contribution in [0.1, 0.15) is 11.1 Å². The van der Waals surface area contributed by atoms with Crippen LogP contribution in [0.25, 0.3) is 11.6 Å². The van der Waals surface area contributed by atoms with Gasteiger partial charge in [-0.25, -0.2) is 4.39 Å². The highest BCUT2D eigenvalue weighted by molar-refractivity contribution is 6.31. The van der Waals surface area contributed by atoms with Gasteiger partial charge in [-0.15, -0.1) is 0 Å². The van der Waals surface area contributed by atoms with E-state index in [1.165, 1.54) is 24.3 Å². The number of halogens is 2. The summed E-state index contributed by atoms with van der Waals surface area (Å²) < 4.78 is 13.1. The lowest BCUT2D eigenvalue weighted by atomic mass is 9.98. The van der Waals surface area contributed by atoms with Crippen molar-refractivity contribution < 1.29 is 14.3 Å². The first-order chi connectivity index (χ1) is 10.6. The summed E-state index contributed by atoms with van der Waals surface area (Å²) in [7, 11) is 0. The van der Waals surface area contributed by atoms with E-state index >= 15 is 0 Å². The molecule has 0 atom stereocenters. The van der Waals surface area contributed by atoms with Crippen molar-refractivity contribution in [1.82, 2.24) is 0 Å². The van der Waals surface area contributed by atoms with E-state index in [9.17, 15) is 9.18 Å².